The van der Waals surface area contributed by atoms with Crippen molar-refractivity contribution in [1.29, 1.82) is 0 Å². The third-order valence-electron chi connectivity index (χ3n) is 3.90. The van der Waals surface area contributed by atoms with Crippen LogP contribution in [0.3, 0.4) is 0 Å². The minimum atomic E-state index is -3.92. The molecule has 0 fully saturated rings. The lowest BCUT2D eigenvalue weighted by Gasteiger charge is -2.13. The van der Waals surface area contributed by atoms with Crippen LogP contribution in [0.4, 0.5) is 0 Å². The molecule has 0 spiro atoms. The zero-order valence-electron chi connectivity index (χ0n) is 15.5. The summed E-state index contributed by atoms with van der Waals surface area (Å²) in [4.78, 5) is 20.7. The molecule has 3 heterocycles. The number of carbonyl (C=O) groups is 1. The Morgan fingerprint density at radius 1 is 1.29 bits per heavy atom. The lowest BCUT2D eigenvalue weighted by Crippen LogP contribution is -2.44. The highest BCUT2D eigenvalue weighted by Gasteiger charge is 2.28. The molecule has 0 saturated heterocycles. The van der Waals surface area contributed by atoms with Gasteiger partial charge in [-0.3, -0.25) is 9.78 Å². The van der Waals surface area contributed by atoms with Gasteiger partial charge in [-0.05, 0) is 32.9 Å². The topological polar surface area (TPSA) is 127 Å². The Bertz CT molecular complexity index is 1060. The molecular weight excluding hydrogens is 402 g/mol. The fraction of sp³-hybridized carbons (Fsp3) is 0.294. The van der Waals surface area contributed by atoms with Gasteiger partial charge in [-0.1, -0.05) is 5.16 Å². The maximum atomic E-state index is 12.5. The first-order valence-corrected chi connectivity index (χ1v) is 10.7. The summed E-state index contributed by atoms with van der Waals surface area (Å²) < 4.78 is 32.2. The maximum Gasteiger partial charge on any atom is 0.246 e. The van der Waals surface area contributed by atoms with E-state index in [9.17, 15) is 13.2 Å². The second-order valence-corrected chi connectivity index (χ2v) is 8.67. The zero-order valence-corrected chi connectivity index (χ0v) is 17.1. The number of nitrogens with one attached hydrogen (secondary N) is 2. The van der Waals surface area contributed by atoms with Crippen LogP contribution in [0.2, 0.25) is 0 Å². The quantitative estimate of drug-likeness (QED) is 0.595. The minimum Gasteiger partial charge on any atom is -0.360 e. The van der Waals surface area contributed by atoms with Crippen molar-refractivity contribution in [2.45, 2.75) is 38.3 Å². The molecule has 3 aromatic rings. The number of hydrogen-bond acceptors (Lipinski definition) is 8. The summed E-state index contributed by atoms with van der Waals surface area (Å²) in [6, 6.07) is 2.73. The maximum absolute atomic E-state index is 12.5. The molecule has 1 amide bonds. The van der Waals surface area contributed by atoms with E-state index in [4.69, 9.17) is 4.52 Å². The molecule has 0 saturated carbocycles. The van der Waals surface area contributed by atoms with Crippen LogP contribution >= 0.6 is 11.3 Å². The molecule has 2 N–H and O–H groups in total. The molecule has 0 bridgehead atoms. The Hall–Kier alpha value is -2.63. The number of hydrogen-bond donors (Lipinski definition) is 2. The van der Waals surface area contributed by atoms with Crippen molar-refractivity contribution in [2.24, 2.45) is 0 Å². The largest absolute Gasteiger partial charge is 0.360 e. The van der Waals surface area contributed by atoms with Gasteiger partial charge in [0.1, 0.15) is 15.6 Å². The van der Waals surface area contributed by atoms with Gasteiger partial charge in [-0.2, -0.15) is 4.72 Å². The lowest BCUT2D eigenvalue weighted by atomic mass is 10.2. The van der Waals surface area contributed by atoms with Crippen LogP contribution in [-0.2, 0) is 21.4 Å². The van der Waals surface area contributed by atoms with Gasteiger partial charge in [-0.25, -0.2) is 13.4 Å². The molecule has 1 atom stereocenters. The molecule has 3 aromatic heterocycles. The minimum absolute atomic E-state index is 0.0472. The number of amides is 1. The normalized spacial score (nSPS) is 12.7. The first kappa shape index (κ1) is 20.1. The monoisotopic (exact) mass is 421 g/mol. The first-order valence-electron chi connectivity index (χ1n) is 8.35. The van der Waals surface area contributed by atoms with E-state index in [1.165, 1.54) is 32.1 Å². The molecule has 0 aromatic carbocycles. The molecule has 11 heteroatoms. The zero-order chi connectivity index (χ0) is 20.3. The number of pyridine rings is 1. The van der Waals surface area contributed by atoms with Crippen LogP contribution in [0.25, 0.3) is 11.3 Å². The molecule has 0 aliphatic carbocycles. The Kier molecular flexibility index (Phi) is 5.87. The summed E-state index contributed by atoms with van der Waals surface area (Å²) in [7, 11) is -3.92. The van der Waals surface area contributed by atoms with Crippen LogP contribution in [0, 0.1) is 13.8 Å². The predicted molar refractivity (Wildman–Crippen MR) is 103 cm³/mol. The van der Waals surface area contributed by atoms with E-state index in [1.54, 1.807) is 12.4 Å². The fourth-order valence-corrected chi connectivity index (χ4v) is 4.84. The van der Waals surface area contributed by atoms with E-state index >= 15 is 0 Å². The summed E-state index contributed by atoms with van der Waals surface area (Å²) in [6.07, 6.45) is 3.37. The lowest BCUT2D eigenvalue weighted by molar-refractivity contribution is -0.122. The van der Waals surface area contributed by atoms with Crippen molar-refractivity contribution in [1.82, 2.24) is 25.2 Å². The van der Waals surface area contributed by atoms with Crippen LogP contribution in [-0.4, -0.2) is 35.5 Å². The van der Waals surface area contributed by atoms with Gasteiger partial charge in [0.25, 0.3) is 0 Å². The van der Waals surface area contributed by atoms with Crippen LogP contribution < -0.4 is 10.0 Å². The summed E-state index contributed by atoms with van der Waals surface area (Å²) in [5.41, 5.74) is 1.97. The average molecular weight is 422 g/mol. The molecule has 9 nitrogen and oxygen atoms in total. The number of sulfonamides is 1. The van der Waals surface area contributed by atoms with Crippen molar-refractivity contribution < 1.29 is 17.7 Å². The van der Waals surface area contributed by atoms with Gasteiger partial charge in [0.2, 0.25) is 15.9 Å². The number of nitrogens with zero attached hydrogens (tertiary/aromatic N) is 3. The van der Waals surface area contributed by atoms with E-state index in [0.29, 0.717) is 5.01 Å². The Balaban J connectivity index is 1.60. The summed E-state index contributed by atoms with van der Waals surface area (Å²) >= 11 is 1.41. The van der Waals surface area contributed by atoms with Crippen molar-refractivity contribution in [2.75, 3.05) is 0 Å². The van der Waals surface area contributed by atoms with Crippen molar-refractivity contribution in [3.05, 3.63) is 46.4 Å². The van der Waals surface area contributed by atoms with E-state index < -0.39 is 22.0 Å². The van der Waals surface area contributed by atoms with E-state index in [-0.39, 0.29) is 22.9 Å². The summed E-state index contributed by atoms with van der Waals surface area (Å²) in [6.45, 7) is 4.70. The Morgan fingerprint density at radius 3 is 2.64 bits per heavy atom. The van der Waals surface area contributed by atoms with Gasteiger partial charge in [0, 0.05) is 23.3 Å². The average Bonchev–Trinajstić information content (AvgIpc) is 3.26. The smallest absolute Gasteiger partial charge is 0.246 e. The van der Waals surface area contributed by atoms with Gasteiger partial charge in [0.15, 0.2) is 5.76 Å². The molecule has 28 heavy (non-hydrogen) atoms. The number of aromatic nitrogens is 3. The standard InChI is InChI=1S/C17H19N5O4S2/c1-10-16(12(3)26-21-10)28(24,25)22-11(2)17(23)19-8-15-20-14(9-27-15)13-4-6-18-7-5-13/h4-7,9,11,22H,8H2,1-3H3,(H,19,23)/t11-/m0/s1. The molecule has 148 valence electrons. The number of carbonyl (C=O) groups excluding carboxylic acids is 1. The molecule has 3 rings (SSSR count). The number of rotatable bonds is 7. The SMILES string of the molecule is Cc1noc(C)c1S(=O)(=O)N[C@@H](C)C(=O)NCc1nc(-c2ccncc2)cs1. The van der Waals surface area contributed by atoms with E-state index in [1.807, 2.05) is 17.5 Å². The van der Waals surface area contributed by atoms with Gasteiger partial charge in [-0.15, -0.1) is 11.3 Å². The van der Waals surface area contributed by atoms with Crippen LogP contribution in [0.1, 0.15) is 23.4 Å². The van der Waals surface area contributed by atoms with Crippen LogP contribution in [0.5, 0.6) is 0 Å². The molecule has 0 aliphatic rings. The van der Waals surface area contributed by atoms with E-state index in [0.717, 1.165) is 11.3 Å². The first-order chi connectivity index (χ1) is 13.3. The molecule has 0 unspecified atom stereocenters. The second-order valence-electron chi connectivity index (χ2n) is 6.08. The third-order valence-corrected chi connectivity index (χ3v) is 6.54. The fourth-order valence-electron chi connectivity index (χ4n) is 2.57. The number of aryl methyl sites for hydroxylation is 2. The summed E-state index contributed by atoms with van der Waals surface area (Å²) in [5.74, 6) is -0.292. The number of thiazole rings is 1. The molecule has 0 radical (unpaired) electrons. The van der Waals surface area contributed by atoms with Crippen molar-refractivity contribution in [3.63, 3.8) is 0 Å². The third kappa shape index (κ3) is 4.43. The highest BCUT2D eigenvalue weighted by Crippen LogP contribution is 2.21. The Labute approximate surface area is 166 Å². The Morgan fingerprint density at radius 2 is 2.00 bits per heavy atom. The highest BCUT2D eigenvalue weighted by molar-refractivity contribution is 7.89. The van der Waals surface area contributed by atoms with Gasteiger partial charge >= 0.3 is 0 Å². The van der Waals surface area contributed by atoms with Gasteiger partial charge in [0.05, 0.1) is 18.3 Å². The van der Waals surface area contributed by atoms with Gasteiger partial charge < -0.3 is 9.84 Å². The van der Waals surface area contributed by atoms with Crippen LogP contribution in [0.15, 0.2) is 39.3 Å². The van der Waals surface area contributed by atoms with Crippen molar-refractivity contribution in [3.8, 4) is 11.3 Å². The van der Waals surface area contributed by atoms with Crippen molar-refractivity contribution >= 4 is 27.3 Å². The summed E-state index contributed by atoms with van der Waals surface area (Å²) in [5, 5.41) is 8.92. The molecular formula is C17H19N5O4S2. The molecule has 0 aliphatic heterocycles. The predicted octanol–water partition coefficient (Wildman–Crippen LogP) is 1.79. The highest BCUT2D eigenvalue weighted by atomic mass is 32.2. The van der Waals surface area contributed by atoms with E-state index in [2.05, 4.69) is 25.2 Å². The second kappa shape index (κ2) is 8.17.